The Morgan fingerprint density at radius 1 is 1.12 bits per heavy atom. The second-order valence-electron chi connectivity index (χ2n) is 4.66. The van der Waals surface area contributed by atoms with Crippen LogP contribution < -0.4 is 14.8 Å². The van der Waals surface area contributed by atoms with Crippen molar-refractivity contribution < 1.29 is 9.47 Å². The topological polar surface area (TPSA) is 30.5 Å². The molecule has 0 spiro atoms. The smallest absolute Gasteiger partial charge is 0.123 e. The van der Waals surface area contributed by atoms with E-state index in [9.17, 15) is 0 Å². The molecule has 0 aliphatic carbocycles. The number of hydrogen-bond acceptors (Lipinski definition) is 3. The molecule has 1 unspecified atom stereocenters. The Morgan fingerprint density at radius 3 is 2.47 bits per heavy atom. The number of hydrogen-bond donors (Lipinski definition) is 1. The molecule has 0 saturated carbocycles. The molecule has 1 rings (SSSR count). The van der Waals surface area contributed by atoms with Crippen LogP contribution in [0.15, 0.2) is 24.3 Å². The summed E-state index contributed by atoms with van der Waals surface area (Å²) in [6, 6.07) is 7.69. The third kappa shape index (κ3) is 5.59. The Hall–Kier alpha value is -1.22. The third-order valence-corrected chi connectivity index (χ3v) is 2.36. The third-order valence-electron chi connectivity index (χ3n) is 2.36. The van der Waals surface area contributed by atoms with Crippen LogP contribution in [0.4, 0.5) is 0 Å². The molecule has 1 N–H and O–H groups in total. The molecule has 17 heavy (non-hydrogen) atoms. The maximum absolute atomic E-state index is 5.80. The summed E-state index contributed by atoms with van der Waals surface area (Å²) in [5, 5.41) is 3.38. The number of benzene rings is 1. The Balaban J connectivity index is 2.36. The molecule has 3 nitrogen and oxygen atoms in total. The first-order chi connectivity index (χ1) is 8.11. The van der Waals surface area contributed by atoms with E-state index in [0.29, 0.717) is 5.92 Å². The zero-order valence-corrected chi connectivity index (χ0v) is 11.2. The molecule has 0 heterocycles. The maximum Gasteiger partial charge on any atom is 0.123 e. The van der Waals surface area contributed by atoms with Gasteiger partial charge in [-0.15, -0.1) is 0 Å². The summed E-state index contributed by atoms with van der Waals surface area (Å²) < 4.78 is 10.9. The fourth-order valence-electron chi connectivity index (χ4n) is 1.52. The normalized spacial score (nSPS) is 12.5. The highest BCUT2D eigenvalue weighted by Gasteiger charge is 2.04. The highest BCUT2D eigenvalue weighted by Crippen LogP contribution is 2.19. The molecule has 0 radical (unpaired) electrons. The number of nitrogens with one attached hydrogen (secondary N) is 1. The van der Waals surface area contributed by atoms with Gasteiger partial charge in [-0.25, -0.2) is 0 Å². The molecule has 0 fully saturated rings. The fraction of sp³-hybridized carbons (Fsp3) is 0.571. The maximum atomic E-state index is 5.80. The quantitative estimate of drug-likeness (QED) is 0.791. The van der Waals surface area contributed by atoms with E-state index in [1.807, 2.05) is 24.3 Å². The summed E-state index contributed by atoms with van der Waals surface area (Å²) in [7, 11) is 1.66. The molecule has 1 aromatic rings. The Labute approximate surface area is 104 Å². The minimum absolute atomic E-state index is 0.154. The van der Waals surface area contributed by atoms with Crippen molar-refractivity contribution in [1.29, 1.82) is 0 Å². The van der Waals surface area contributed by atoms with E-state index >= 15 is 0 Å². The predicted octanol–water partition coefficient (Wildman–Crippen LogP) is 2.71. The molecule has 1 atom stereocenters. The van der Waals surface area contributed by atoms with Gasteiger partial charge in [0.15, 0.2) is 0 Å². The largest absolute Gasteiger partial charge is 0.497 e. The summed E-state index contributed by atoms with van der Waals surface area (Å²) in [5.41, 5.74) is 0. The lowest BCUT2D eigenvalue weighted by molar-refractivity contribution is 0.215. The average Bonchev–Trinajstić information content (AvgIpc) is 2.28. The van der Waals surface area contributed by atoms with E-state index in [1.54, 1.807) is 7.11 Å². The van der Waals surface area contributed by atoms with Gasteiger partial charge in [0.05, 0.1) is 7.11 Å². The second kappa shape index (κ2) is 7.17. The van der Waals surface area contributed by atoms with E-state index in [1.165, 1.54) is 0 Å². The molecule has 0 saturated heterocycles. The molecule has 3 heteroatoms. The average molecular weight is 237 g/mol. The first-order valence-corrected chi connectivity index (χ1v) is 6.13. The van der Waals surface area contributed by atoms with Crippen molar-refractivity contribution in [3.05, 3.63) is 24.3 Å². The number of rotatable bonds is 7. The van der Waals surface area contributed by atoms with Gasteiger partial charge in [-0.3, -0.25) is 0 Å². The van der Waals surface area contributed by atoms with Crippen LogP contribution in [-0.4, -0.2) is 26.3 Å². The summed E-state index contributed by atoms with van der Waals surface area (Å²) in [6.07, 6.45) is 0.154. The van der Waals surface area contributed by atoms with Crippen LogP contribution in [0, 0.1) is 5.92 Å². The Bertz CT molecular complexity index is 326. The monoisotopic (exact) mass is 237 g/mol. The van der Waals surface area contributed by atoms with Gasteiger partial charge in [-0.1, -0.05) is 19.9 Å². The molecule has 1 aromatic carbocycles. The van der Waals surface area contributed by atoms with Gasteiger partial charge >= 0.3 is 0 Å². The zero-order chi connectivity index (χ0) is 12.7. The SMILES string of the molecule is COc1cccc(OC(C)CNCC(C)C)c1. The van der Waals surface area contributed by atoms with Crippen LogP contribution in [0.3, 0.4) is 0 Å². The van der Waals surface area contributed by atoms with Crippen LogP contribution in [-0.2, 0) is 0 Å². The summed E-state index contributed by atoms with van der Waals surface area (Å²) in [4.78, 5) is 0. The molecule has 0 bridgehead atoms. The van der Waals surface area contributed by atoms with Gasteiger partial charge < -0.3 is 14.8 Å². The minimum Gasteiger partial charge on any atom is -0.497 e. The standard InChI is InChI=1S/C14H23NO2/c1-11(2)9-15-10-12(3)17-14-7-5-6-13(8-14)16-4/h5-8,11-12,15H,9-10H2,1-4H3. The molecule has 0 aliphatic rings. The van der Waals surface area contributed by atoms with Crippen molar-refractivity contribution in [2.24, 2.45) is 5.92 Å². The van der Waals surface area contributed by atoms with Crippen LogP contribution in [0.25, 0.3) is 0 Å². The highest BCUT2D eigenvalue weighted by atomic mass is 16.5. The second-order valence-corrected chi connectivity index (χ2v) is 4.66. The van der Waals surface area contributed by atoms with Gasteiger partial charge in [0.1, 0.15) is 17.6 Å². The highest BCUT2D eigenvalue weighted by molar-refractivity contribution is 5.32. The molecular weight excluding hydrogens is 214 g/mol. The van der Waals surface area contributed by atoms with Gasteiger partial charge in [-0.05, 0) is 31.5 Å². The number of ether oxygens (including phenoxy) is 2. The van der Waals surface area contributed by atoms with Crippen LogP contribution in [0.5, 0.6) is 11.5 Å². The van der Waals surface area contributed by atoms with Crippen LogP contribution in [0.1, 0.15) is 20.8 Å². The van der Waals surface area contributed by atoms with E-state index in [4.69, 9.17) is 9.47 Å². The van der Waals surface area contributed by atoms with E-state index in [2.05, 4.69) is 26.1 Å². The molecule has 96 valence electrons. The minimum atomic E-state index is 0.154. The lowest BCUT2D eigenvalue weighted by Gasteiger charge is -2.16. The number of methoxy groups -OCH3 is 1. The lowest BCUT2D eigenvalue weighted by atomic mass is 10.2. The summed E-state index contributed by atoms with van der Waals surface area (Å²) >= 11 is 0. The molecule has 0 aromatic heterocycles. The predicted molar refractivity (Wildman–Crippen MR) is 70.8 cm³/mol. The van der Waals surface area contributed by atoms with E-state index in [0.717, 1.165) is 24.6 Å². The first kappa shape index (κ1) is 13.8. The summed E-state index contributed by atoms with van der Waals surface area (Å²) in [5.74, 6) is 2.34. The Kier molecular flexibility index (Phi) is 5.84. The van der Waals surface area contributed by atoms with Gasteiger partial charge in [0.25, 0.3) is 0 Å². The van der Waals surface area contributed by atoms with Crippen molar-refractivity contribution in [2.75, 3.05) is 20.2 Å². The Morgan fingerprint density at radius 2 is 1.82 bits per heavy atom. The van der Waals surface area contributed by atoms with Gasteiger partial charge in [-0.2, -0.15) is 0 Å². The zero-order valence-electron chi connectivity index (χ0n) is 11.2. The summed E-state index contributed by atoms with van der Waals surface area (Å²) in [6.45, 7) is 8.33. The van der Waals surface area contributed by atoms with Crippen molar-refractivity contribution >= 4 is 0 Å². The lowest BCUT2D eigenvalue weighted by Crippen LogP contribution is -2.31. The first-order valence-electron chi connectivity index (χ1n) is 6.13. The van der Waals surface area contributed by atoms with Crippen molar-refractivity contribution in [3.63, 3.8) is 0 Å². The van der Waals surface area contributed by atoms with E-state index < -0.39 is 0 Å². The van der Waals surface area contributed by atoms with Gasteiger partial charge in [0.2, 0.25) is 0 Å². The van der Waals surface area contributed by atoms with Crippen molar-refractivity contribution in [2.45, 2.75) is 26.9 Å². The molecular formula is C14H23NO2. The molecule has 0 amide bonds. The van der Waals surface area contributed by atoms with Gasteiger partial charge in [0, 0.05) is 12.6 Å². The van der Waals surface area contributed by atoms with Crippen molar-refractivity contribution in [1.82, 2.24) is 5.32 Å². The van der Waals surface area contributed by atoms with Crippen LogP contribution in [0.2, 0.25) is 0 Å². The van der Waals surface area contributed by atoms with E-state index in [-0.39, 0.29) is 6.10 Å². The fourth-order valence-corrected chi connectivity index (χ4v) is 1.52. The van der Waals surface area contributed by atoms with Crippen LogP contribution >= 0.6 is 0 Å². The van der Waals surface area contributed by atoms with Crippen molar-refractivity contribution in [3.8, 4) is 11.5 Å². The molecule has 0 aliphatic heterocycles.